The predicted octanol–water partition coefficient (Wildman–Crippen LogP) is 3.44. The van der Waals surface area contributed by atoms with Crippen molar-refractivity contribution in [2.75, 3.05) is 5.73 Å². The van der Waals surface area contributed by atoms with E-state index in [-0.39, 0.29) is 5.92 Å². The molecule has 1 unspecified atom stereocenters. The number of halogens is 2. The predicted molar refractivity (Wildman–Crippen MR) is 73.1 cm³/mol. The number of fused-ring (bicyclic) bond motifs is 1. The number of aryl methyl sites for hydroxylation is 1. The summed E-state index contributed by atoms with van der Waals surface area (Å²) in [4.78, 5) is 8.76. The summed E-state index contributed by atoms with van der Waals surface area (Å²) in [6, 6.07) is 5.70. The first kappa shape index (κ1) is 11.8. The van der Waals surface area contributed by atoms with E-state index in [1.54, 1.807) is 12.3 Å². The Kier molecular flexibility index (Phi) is 2.88. The lowest BCUT2D eigenvalue weighted by atomic mass is 10.0. The molecule has 0 saturated heterocycles. The summed E-state index contributed by atoms with van der Waals surface area (Å²) in [5.41, 5.74) is 8.84. The van der Waals surface area contributed by atoms with Gasteiger partial charge in [0.25, 0.3) is 0 Å². The smallest absolute Gasteiger partial charge is 0.142 e. The van der Waals surface area contributed by atoms with Crippen LogP contribution in [0, 0.1) is 0 Å². The van der Waals surface area contributed by atoms with Gasteiger partial charge in [-0.1, -0.05) is 29.3 Å². The van der Waals surface area contributed by atoms with Crippen molar-refractivity contribution in [2.45, 2.75) is 18.8 Å². The molecule has 1 aliphatic carbocycles. The van der Waals surface area contributed by atoms with Gasteiger partial charge in [0.05, 0.1) is 21.4 Å². The van der Waals surface area contributed by atoms with E-state index in [1.165, 1.54) is 5.56 Å². The molecule has 0 bridgehead atoms. The second-order valence-corrected chi connectivity index (χ2v) is 5.18. The van der Waals surface area contributed by atoms with Gasteiger partial charge < -0.3 is 5.73 Å². The Bertz CT molecular complexity index is 613. The molecule has 0 aromatic carbocycles. The van der Waals surface area contributed by atoms with Crippen molar-refractivity contribution in [3.05, 3.63) is 51.4 Å². The largest absolute Gasteiger partial charge is 0.382 e. The Hall–Kier alpha value is -1.32. The maximum atomic E-state index is 6.22. The van der Waals surface area contributed by atoms with E-state index in [2.05, 4.69) is 16.0 Å². The lowest BCUT2D eigenvalue weighted by Gasteiger charge is -2.13. The summed E-state index contributed by atoms with van der Waals surface area (Å²) in [5, 5.41) is 0.945. The number of hydrogen-bond acceptors (Lipinski definition) is 3. The van der Waals surface area contributed by atoms with Crippen LogP contribution in [0.5, 0.6) is 0 Å². The lowest BCUT2D eigenvalue weighted by Crippen LogP contribution is -2.05. The summed E-state index contributed by atoms with van der Waals surface area (Å²) >= 11 is 12.1. The maximum absolute atomic E-state index is 6.22. The zero-order valence-corrected chi connectivity index (χ0v) is 11.0. The molecule has 92 valence electrons. The molecule has 2 aromatic rings. The van der Waals surface area contributed by atoms with Crippen LogP contribution in [0.1, 0.15) is 29.3 Å². The Morgan fingerprint density at radius 2 is 2.06 bits per heavy atom. The highest BCUT2D eigenvalue weighted by molar-refractivity contribution is 6.36. The van der Waals surface area contributed by atoms with Gasteiger partial charge in [0, 0.05) is 12.1 Å². The summed E-state index contributed by atoms with van der Waals surface area (Å²) < 4.78 is 0. The normalized spacial score (nSPS) is 17.8. The number of nitrogen functional groups attached to an aromatic ring is 1. The molecule has 3 rings (SSSR count). The van der Waals surface area contributed by atoms with Crippen LogP contribution in [0.15, 0.2) is 24.4 Å². The van der Waals surface area contributed by atoms with Crippen LogP contribution in [-0.4, -0.2) is 9.97 Å². The molecule has 2 heterocycles. The number of hydrogen-bond donors (Lipinski definition) is 1. The Labute approximate surface area is 115 Å². The number of nitrogens with zero attached hydrogens (tertiary/aromatic N) is 2. The van der Waals surface area contributed by atoms with E-state index in [1.807, 2.05) is 6.07 Å². The standard InChI is InChI=1S/C13H11Cl2N3/c14-9-6-10(15)13(16)18-12(9)8-4-3-7-2-1-5-17-11(7)8/h1-2,5-6,8H,3-4H2,(H2,16,18). The molecular formula is C13H11Cl2N3. The number of aromatic nitrogens is 2. The number of nitrogens with two attached hydrogens (primary N) is 1. The minimum Gasteiger partial charge on any atom is -0.382 e. The molecular weight excluding hydrogens is 269 g/mol. The fraction of sp³-hybridized carbons (Fsp3) is 0.231. The van der Waals surface area contributed by atoms with E-state index in [0.29, 0.717) is 15.9 Å². The van der Waals surface area contributed by atoms with E-state index >= 15 is 0 Å². The van der Waals surface area contributed by atoms with Crippen LogP contribution in [0.25, 0.3) is 0 Å². The molecule has 0 aliphatic heterocycles. The fourth-order valence-corrected chi connectivity index (χ4v) is 2.91. The zero-order chi connectivity index (χ0) is 12.7. The van der Waals surface area contributed by atoms with Crippen molar-refractivity contribution in [2.24, 2.45) is 0 Å². The van der Waals surface area contributed by atoms with Crippen molar-refractivity contribution < 1.29 is 0 Å². The van der Waals surface area contributed by atoms with Gasteiger partial charge in [0.2, 0.25) is 0 Å². The van der Waals surface area contributed by atoms with Gasteiger partial charge in [-0.3, -0.25) is 4.98 Å². The minimum atomic E-state index is 0.119. The third kappa shape index (κ3) is 1.84. The second kappa shape index (κ2) is 4.41. The Morgan fingerprint density at radius 3 is 2.89 bits per heavy atom. The van der Waals surface area contributed by atoms with Gasteiger partial charge in [-0.05, 0) is 30.5 Å². The van der Waals surface area contributed by atoms with Gasteiger partial charge in [0.1, 0.15) is 5.82 Å². The molecule has 0 radical (unpaired) electrons. The van der Waals surface area contributed by atoms with Crippen molar-refractivity contribution in [3.8, 4) is 0 Å². The van der Waals surface area contributed by atoms with Crippen molar-refractivity contribution in [3.63, 3.8) is 0 Å². The first-order valence-corrected chi connectivity index (χ1v) is 6.47. The van der Waals surface area contributed by atoms with Crippen LogP contribution in [0.3, 0.4) is 0 Å². The van der Waals surface area contributed by atoms with E-state index < -0.39 is 0 Å². The molecule has 2 N–H and O–H groups in total. The first-order chi connectivity index (χ1) is 8.66. The summed E-state index contributed by atoms with van der Waals surface area (Å²) in [6.45, 7) is 0. The van der Waals surface area contributed by atoms with Crippen LogP contribution < -0.4 is 5.73 Å². The molecule has 1 atom stereocenters. The molecule has 0 fully saturated rings. The van der Waals surface area contributed by atoms with Crippen LogP contribution in [-0.2, 0) is 6.42 Å². The molecule has 18 heavy (non-hydrogen) atoms. The van der Waals surface area contributed by atoms with Gasteiger partial charge in [-0.2, -0.15) is 0 Å². The fourth-order valence-electron chi connectivity index (χ4n) is 2.42. The van der Waals surface area contributed by atoms with Crippen molar-refractivity contribution >= 4 is 29.0 Å². The highest BCUT2D eigenvalue weighted by Gasteiger charge is 2.28. The average molecular weight is 280 g/mol. The number of rotatable bonds is 1. The quantitative estimate of drug-likeness (QED) is 0.870. The zero-order valence-electron chi connectivity index (χ0n) is 9.53. The third-order valence-electron chi connectivity index (χ3n) is 3.27. The maximum Gasteiger partial charge on any atom is 0.142 e. The highest BCUT2D eigenvalue weighted by Crippen LogP contribution is 2.39. The van der Waals surface area contributed by atoms with Crippen molar-refractivity contribution in [1.82, 2.24) is 9.97 Å². The third-order valence-corrected chi connectivity index (χ3v) is 3.88. The van der Waals surface area contributed by atoms with E-state index in [0.717, 1.165) is 24.2 Å². The lowest BCUT2D eigenvalue weighted by molar-refractivity contribution is 0.748. The molecule has 5 heteroatoms. The molecule has 2 aromatic heterocycles. The van der Waals surface area contributed by atoms with Crippen molar-refractivity contribution in [1.29, 1.82) is 0 Å². The summed E-state index contributed by atoms with van der Waals surface area (Å²) in [7, 11) is 0. The molecule has 0 amide bonds. The average Bonchev–Trinajstić information content (AvgIpc) is 2.78. The van der Waals surface area contributed by atoms with Gasteiger partial charge in [-0.15, -0.1) is 0 Å². The Balaban J connectivity index is 2.10. The van der Waals surface area contributed by atoms with Gasteiger partial charge in [0.15, 0.2) is 0 Å². The topological polar surface area (TPSA) is 51.8 Å². The summed E-state index contributed by atoms with van der Waals surface area (Å²) in [5.74, 6) is 0.439. The van der Waals surface area contributed by atoms with Crippen LogP contribution in [0.2, 0.25) is 10.0 Å². The second-order valence-electron chi connectivity index (χ2n) is 4.36. The highest BCUT2D eigenvalue weighted by atomic mass is 35.5. The van der Waals surface area contributed by atoms with Gasteiger partial charge >= 0.3 is 0 Å². The minimum absolute atomic E-state index is 0.119. The monoisotopic (exact) mass is 279 g/mol. The summed E-state index contributed by atoms with van der Waals surface area (Å²) in [6.07, 6.45) is 3.75. The van der Waals surface area contributed by atoms with E-state index in [9.17, 15) is 0 Å². The number of anilines is 1. The Morgan fingerprint density at radius 1 is 1.22 bits per heavy atom. The molecule has 0 spiro atoms. The van der Waals surface area contributed by atoms with Crippen LogP contribution >= 0.6 is 23.2 Å². The van der Waals surface area contributed by atoms with Crippen LogP contribution in [0.4, 0.5) is 5.82 Å². The van der Waals surface area contributed by atoms with E-state index in [4.69, 9.17) is 28.9 Å². The van der Waals surface area contributed by atoms with Gasteiger partial charge in [-0.25, -0.2) is 4.98 Å². The first-order valence-electron chi connectivity index (χ1n) is 5.72. The molecule has 0 saturated carbocycles. The number of pyridine rings is 2. The molecule has 1 aliphatic rings. The SMILES string of the molecule is Nc1nc(C2CCc3cccnc32)c(Cl)cc1Cl. The molecule has 3 nitrogen and oxygen atoms in total.